The van der Waals surface area contributed by atoms with Crippen LogP contribution >= 0.6 is 0 Å². The van der Waals surface area contributed by atoms with E-state index in [9.17, 15) is 13.6 Å². The molecule has 0 N–H and O–H groups in total. The van der Waals surface area contributed by atoms with E-state index in [0.29, 0.717) is 28.9 Å². The largest absolute Gasteiger partial charge is 0.415 e. The minimum atomic E-state index is -2.95. The van der Waals surface area contributed by atoms with Crippen LogP contribution in [0.15, 0.2) is 59.3 Å². The molecule has 12 heteroatoms. The van der Waals surface area contributed by atoms with E-state index in [-0.39, 0.29) is 29.6 Å². The summed E-state index contributed by atoms with van der Waals surface area (Å²) >= 11 is 0. The molecule has 41 heavy (non-hydrogen) atoms. The fourth-order valence-electron chi connectivity index (χ4n) is 5.01. The van der Waals surface area contributed by atoms with E-state index >= 15 is 8.78 Å². The fraction of sp³-hybridized carbons (Fsp3) is 0.310. The van der Waals surface area contributed by atoms with Crippen molar-refractivity contribution < 1.29 is 26.8 Å². The van der Waals surface area contributed by atoms with Gasteiger partial charge in [0, 0.05) is 48.2 Å². The molecule has 1 aliphatic rings. The van der Waals surface area contributed by atoms with E-state index in [1.54, 1.807) is 30.6 Å². The summed E-state index contributed by atoms with van der Waals surface area (Å²) in [5.74, 6) is -2.38. The van der Waals surface area contributed by atoms with Crippen molar-refractivity contribution in [1.29, 1.82) is 0 Å². The minimum absolute atomic E-state index is 0.110. The molecule has 0 saturated carbocycles. The normalized spacial score (nSPS) is 14.4. The van der Waals surface area contributed by atoms with Crippen LogP contribution in [0, 0.1) is 11.6 Å². The Morgan fingerprint density at radius 1 is 1.00 bits per heavy atom. The zero-order valence-corrected chi connectivity index (χ0v) is 22.5. The molecular weight excluding hydrogens is 540 g/mol. The van der Waals surface area contributed by atoms with Crippen molar-refractivity contribution in [1.82, 2.24) is 20.1 Å². The van der Waals surface area contributed by atoms with Gasteiger partial charge in [-0.15, -0.1) is 10.2 Å². The van der Waals surface area contributed by atoms with Crippen molar-refractivity contribution in [3.8, 4) is 22.6 Å². The third-order valence-corrected chi connectivity index (χ3v) is 7.38. The number of likely N-dealkylation sites (tertiary alicyclic amines) is 1. The molecule has 3 heterocycles. The zero-order valence-electron chi connectivity index (χ0n) is 22.5. The van der Waals surface area contributed by atoms with Crippen LogP contribution in [0.25, 0.3) is 22.6 Å². The molecule has 2 aromatic carbocycles. The Hall–Kier alpha value is -4.32. The van der Waals surface area contributed by atoms with Gasteiger partial charge in [0.2, 0.25) is 12.3 Å². The van der Waals surface area contributed by atoms with Crippen molar-refractivity contribution in [2.24, 2.45) is 0 Å². The van der Waals surface area contributed by atoms with Gasteiger partial charge >= 0.3 is 6.43 Å². The summed E-state index contributed by atoms with van der Waals surface area (Å²) in [7, 11) is 3.98. The number of carbonyl (C=O) groups is 1. The van der Waals surface area contributed by atoms with Gasteiger partial charge in [-0.05, 0) is 68.9 Å². The second-order valence-corrected chi connectivity index (χ2v) is 9.99. The number of benzene rings is 2. The highest BCUT2D eigenvalue weighted by Gasteiger charge is 2.26. The van der Waals surface area contributed by atoms with Gasteiger partial charge in [0.15, 0.2) is 0 Å². The topological polar surface area (TPSA) is 78.6 Å². The van der Waals surface area contributed by atoms with Gasteiger partial charge in [-0.25, -0.2) is 8.78 Å². The molecule has 0 atom stereocenters. The summed E-state index contributed by atoms with van der Waals surface area (Å²) in [6, 6.07) is 10.5. The molecule has 4 aromatic rings. The summed E-state index contributed by atoms with van der Waals surface area (Å²) in [5.41, 5.74) is 2.15. The second kappa shape index (κ2) is 12.0. The van der Waals surface area contributed by atoms with Gasteiger partial charge in [0.1, 0.15) is 11.6 Å². The number of piperidine rings is 1. The molecule has 0 bridgehead atoms. The first-order chi connectivity index (χ1) is 19.7. The summed E-state index contributed by atoms with van der Waals surface area (Å²) in [6.45, 7) is 1.59. The van der Waals surface area contributed by atoms with Gasteiger partial charge < -0.3 is 19.1 Å². The standard InChI is InChI=1S/C29H28F4N6O2/c1-37-11-7-21(8-12-37)38(2)25-14-22(18-5-9-34-10-6-18)24(31)15-26(25)39(17-40)16-20-4-3-19(13-23(20)30)28-35-36-29(41-28)27(32)33/h3-6,9-10,13-15,17,21,27H,7-8,11-12,16H2,1-2H3. The first-order valence-corrected chi connectivity index (χ1v) is 13.0. The summed E-state index contributed by atoms with van der Waals surface area (Å²) in [6.07, 6.45) is 2.51. The van der Waals surface area contributed by atoms with E-state index in [1.807, 2.05) is 7.05 Å². The maximum atomic E-state index is 15.5. The van der Waals surface area contributed by atoms with Gasteiger partial charge in [-0.2, -0.15) is 8.78 Å². The van der Waals surface area contributed by atoms with Crippen molar-refractivity contribution in [3.05, 3.63) is 77.9 Å². The number of amides is 1. The molecule has 2 aromatic heterocycles. The van der Waals surface area contributed by atoms with Crippen molar-refractivity contribution in [2.75, 3.05) is 37.0 Å². The van der Waals surface area contributed by atoms with Crippen molar-refractivity contribution >= 4 is 17.8 Å². The third kappa shape index (κ3) is 6.07. The van der Waals surface area contributed by atoms with Crippen molar-refractivity contribution in [2.45, 2.75) is 31.9 Å². The molecule has 0 unspecified atom stereocenters. The molecule has 1 fully saturated rings. The van der Waals surface area contributed by atoms with Crippen LogP contribution < -0.4 is 9.80 Å². The Balaban J connectivity index is 1.49. The third-order valence-electron chi connectivity index (χ3n) is 7.38. The summed E-state index contributed by atoms with van der Waals surface area (Å²) in [4.78, 5) is 21.9. The smallest absolute Gasteiger partial charge is 0.314 e. The molecule has 0 radical (unpaired) electrons. The number of aromatic nitrogens is 3. The average Bonchev–Trinajstić information content (AvgIpc) is 3.48. The number of hydrogen-bond donors (Lipinski definition) is 0. The quantitative estimate of drug-likeness (QED) is 0.189. The monoisotopic (exact) mass is 568 g/mol. The Morgan fingerprint density at radius 3 is 2.37 bits per heavy atom. The van der Waals surface area contributed by atoms with Crippen LogP contribution in [0.3, 0.4) is 0 Å². The molecule has 1 amide bonds. The highest BCUT2D eigenvalue weighted by atomic mass is 19.3. The maximum absolute atomic E-state index is 15.5. The zero-order chi connectivity index (χ0) is 29.1. The van der Waals surface area contributed by atoms with Crippen LogP contribution in [0.4, 0.5) is 28.9 Å². The maximum Gasteiger partial charge on any atom is 0.314 e. The predicted molar refractivity (Wildman–Crippen MR) is 145 cm³/mol. The van der Waals surface area contributed by atoms with E-state index in [4.69, 9.17) is 4.42 Å². The van der Waals surface area contributed by atoms with Crippen LogP contribution in [0.2, 0.25) is 0 Å². The number of anilines is 2. The van der Waals surface area contributed by atoms with Crippen molar-refractivity contribution in [3.63, 3.8) is 0 Å². The van der Waals surface area contributed by atoms with E-state index in [2.05, 4.69) is 32.0 Å². The van der Waals surface area contributed by atoms with Gasteiger partial charge in [0.05, 0.1) is 17.9 Å². The molecule has 1 aliphatic heterocycles. The first kappa shape index (κ1) is 28.2. The average molecular weight is 569 g/mol. The number of nitrogens with zero attached hydrogens (tertiary/aromatic N) is 6. The number of alkyl halides is 2. The molecule has 8 nitrogen and oxygen atoms in total. The number of carbonyl (C=O) groups excluding carboxylic acids is 1. The Morgan fingerprint density at radius 2 is 1.73 bits per heavy atom. The van der Waals surface area contributed by atoms with Gasteiger partial charge in [-0.3, -0.25) is 9.78 Å². The molecule has 0 aliphatic carbocycles. The summed E-state index contributed by atoms with van der Waals surface area (Å²) in [5, 5.41) is 6.80. The highest BCUT2D eigenvalue weighted by Crippen LogP contribution is 2.38. The Kier molecular flexibility index (Phi) is 8.29. The van der Waals surface area contributed by atoms with Gasteiger partial charge in [0.25, 0.3) is 5.89 Å². The predicted octanol–water partition coefficient (Wildman–Crippen LogP) is 5.71. The molecular formula is C29H28F4N6O2. The molecule has 1 saturated heterocycles. The SMILES string of the molecule is CN1CCC(N(C)c2cc(-c3ccncc3)c(F)cc2N(C=O)Cc2ccc(-c3nnc(C(F)F)o3)cc2F)CC1. The lowest BCUT2D eigenvalue weighted by Gasteiger charge is -2.38. The highest BCUT2D eigenvalue weighted by molar-refractivity contribution is 5.87. The van der Waals surface area contributed by atoms with E-state index < -0.39 is 24.0 Å². The lowest BCUT2D eigenvalue weighted by molar-refractivity contribution is -0.107. The number of pyridine rings is 1. The van der Waals surface area contributed by atoms with Crippen LogP contribution in [-0.2, 0) is 11.3 Å². The van der Waals surface area contributed by atoms with Crippen LogP contribution in [0.5, 0.6) is 0 Å². The Bertz CT molecular complexity index is 1510. The van der Waals surface area contributed by atoms with E-state index in [0.717, 1.165) is 32.0 Å². The lowest BCUT2D eigenvalue weighted by Crippen LogP contribution is -2.42. The van der Waals surface area contributed by atoms with Crippen LogP contribution in [-0.4, -0.2) is 59.7 Å². The second-order valence-electron chi connectivity index (χ2n) is 9.99. The summed E-state index contributed by atoms with van der Waals surface area (Å²) < 4.78 is 61.3. The fourth-order valence-corrected chi connectivity index (χ4v) is 5.01. The Labute approximate surface area is 234 Å². The molecule has 5 rings (SSSR count). The van der Waals surface area contributed by atoms with Gasteiger partial charge in [-0.1, -0.05) is 6.07 Å². The molecule has 0 spiro atoms. The number of hydrogen-bond acceptors (Lipinski definition) is 7. The number of halogens is 4. The minimum Gasteiger partial charge on any atom is -0.415 e. The lowest BCUT2D eigenvalue weighted by atomic mass is 10.00. The van der Waals surface area contributed by atoms with Crippen LogP contribution in [0.1, 0.15) is 30.7 Å². The van der Waals surface area contributed by atoms with E-state index in [1.165, 1.54) is 23.1 Å². The first-order valence-electron chi connectivity index (χ1n) is 13.0. The molecule has 214 valence electrons. The number of rotatable bonds is 9.